The van der Waals surface area contributed by atoms with Gasteiger partial charge in [-0.2, -0.15) is 0 Å². The van der Waals surface area contributed by atoms with E-state index in [2.05, 4.69) is 32.1 Å². The van der Waals surface area contributed by atoms with Crippen molar-refractivity contribution in [3.05, 3.63) is 34.9 Å². The zero-order valence-corrected chi connectivity index (χ0v) is 14.9. The van der Waals surface area contributed by atoms with Crippen LogP contribution in [-0.2, 0) is 4.79 Å². The van der Waals surface area contributed by atoms with Crippen LogP contribution in [0.25, 0.3) is 0 Å². The molecule has 130 valence electrons. The summed E-state index contributed by atoms with van der Waals surface area (Å²) in [5, 5.41) is 20.9. The fourth-order valence-corrected chi connectivity index (χ4v) is 6.18. The molecule has 0 saturated heterocycles. The Balaban J connectivity index is 1.75. The molecule has 0 radical (unpaired) electrons. The number of hydrogen-bond acceptors (Lipinski definition) is 3. The average Bonchev–Trinajstić information content (AvgIpc) is 2.86. The maximum atomic E-state index is 12.1. The molecule has 6 atom stereocenters. The molecule has 24 heavy (non-hydrogen) atoms. The van der Waals surface area contributed by atoms with E-state index in [4.69, 9.17) is 0 Å². The Labute approximate surface area is 144 Å². The molecule has 0 spiro atoms. The second kappa shape index (κ2) is 5.15. The number of Topliss-reactive ketones (excluding diaryl/α,β-unsaturated/α-hetero) is 1. The molecule has 4 aliphatic carbocycles. The number of aliphatic hydroxyl groups is 2. The van der Waals surface area contributed by atoms with Gasteiger partial charge in [-0.3, -0.25) is 4.79 Å². The van der Waals surface area contributed by atoms with Crippen molar-refractivity contribution in [1.82, 2.24) is 0 Å². The smallest absolute Gasteiger partial charge is 0.156 e. The third-order valence-electron chi connectivity index (χ3n) is 7.61. The van der Waals surface area contributed by atoms with E-state index in [0.717, 1.165) is 24.8 Å². The number of allylic oxidation sites excluding steroid dienone is 5. The first-order valence-corrected chi connectivity index (χ1v) is 9.27. The number of rotatable bonds is 1. The Morgan fingerprint density at radius 3 is 2.67 bits per heavy atom. The molecular weight excluding hydrogens is 300 g/mol. The Hall–Kier alpha value is -1.19. The number of carbonyl (C=O) groups is 1. The van der Waals surface area contributed by atoms with E-state index in [0.29, 0.717) is 24.7 Å². The van der Waals surface area contributed by atoms with Gasteiger partial charge >= 0.3 is 0 Å². The highest BCUT2D eigenvalue weighted by atomic mass is 16.3. The van der Waals surface area contributed by atoms with E-state index in [1.165, 1.54) is 11.1 Å². The molecule has 0 aliphatic heterocycles. The molecule has 3 nitrogen and oxygen atoms in total. The zero-order valence-electron chi connectivity index (χ0n) is 14.9. The van der Waals surface area contributed by atoms with E-state index >= 15 is 0 Å². The van der Waals surface area contributed by atoms with Gasteiger partial charge in [0.15, 0.2) is 5.78 Å². The van der Waals surface area contributed by atoms with Crippen molar-refractivity contribution in [3.63, 3.8) is 0 Å². The molecule has 4 rings (SSSR count). The quantitative estimate of drug-likeness (QED) is 0.776. The molecular formula is C21H28O3. The van der Waals surface area contributed by atoms with Crippen LogP contribution in [0.5, 0.6) is 0 Å². The van der Waals surface area contributed by atoms with Crippen LogP contribution >= 0.6 is 0 Å². The second-order valence-corrected chi connectivity index (χ2v) is 8.72. The van der Waals surface area contributed by atoms with Crippen LogP contribution in [0.1, 0.15) is 52.9 Å². The third-order valence-corrected chi connectivity index (χ3v) is 7.61. The highest BCUT2D eigenvalue weighted by Gasteiger charge is 2.57. The summed E-state index contributed by atoms with van der Waals surface area (Å²) in [5.74, 6) is 0.916. The van der Waals surface area contributed by atoms with Crippen molar-refractivity contribution in [2.24, 2.45) is 22.7 Å². The van der Waals surface area contributed by atoms with Crippen LogP contribution in [0, 0.1) is 22.7 Å². The lowest BCUT2D eigenvalue weighted by atomic mass is 9.49. The monoisotopic (exact) mass is 328 g/mol. The number of hydrogen-bond donors (Lipinski definition) is 2. The molecule has 2 saturated carbocycles. The molecule has 0 amide bonds. The number of carbonyl (C=O) groups excluding carboxylic acids is 1. The fraction of sp³-hybridized carbons (Fsp3) is 0.667. The van der Waals surface area contributed by atoms with Crippen LogP contribution in [0.2, 0.25) is 0 Å². The molecule has 4 aliphatic rings. The predicted molar refractivity (Wildman–Crippen MR) is 93.2 cm³/mol. The summed E-state index contributed by atoms with van der Waals surface area (Å²) < 4.78 is 0. The van der Waals surface area contributed by atoms with Crippen molar-refractivity contribution in [1.29, 1.82) is 0 Å². The summed E-state index contributed by atoms with van der Waals surface area (Å²) in [7, 11) is 0. The van der Waals surface area contributed by atoms with Gasteiger partial charge in [0, 0.05) is 17.3 Å². The van der Waals surface area contributed by atoms with Gasteiger partial charge in [-0.25, -0.2) is 0 Å². The first kappa shape index (κ1) is 16.3. The summed E-state index contributed by atoms with van der Waals surface area (Å²) in [6.07, 6.45) is 9.70. The number of ketones is 1. The lowest BCUT2D eigenvalue weighted by molar-refractivity contribution is -0.115. The van der Waals surface area contributed by atoms with Gasteiger partial charge in [-0.15, -0.1) is 0 Å². The molecule has 6 unspecified atom stereocenters. The second-order valence-electron chi connectivity index (χ2n) is 8.72. The van der Waals surface area contributed by atoms with Gasteiger partial charge in [0.2, 0.25) is 0 Å². The van der Waals surface area contributed by atoms with Gasteiger partial charge in [-0.05, 0) is 50.0 Å². The van der Waals surface area contributed by atoms with Crippen molar-refractivity contribution in [2.75, 3.05) is 0 Å². The predicted octanol–water partition coefficient (Wildman–Crippen LogP) is 3.33. The molecule has 3 heteroatoms. The average molecular weight is 328 g/mol. The van der Waals surface area contributed by atoms with Crippen LogP contribution in [-0.4, -0.2) is 28.2 Å². The Morgan fingerprint density at radius 1 is 1.21 bits per heavy atom. The molecule has 0 heterocycles. The van der Waals surface area contributed by atoms with Gasteiger partial charge < -0.3 is 10.2 Å². The molecule has 0 aromatic carbocycles. The summed E-state index contributed by atoms with van der Waals surface area (Å²) in [6.45, 7) is 6.12. The van der Waals surface area contributed by atoms with Gasteiger partial charge in [-0.1, -0.05) is 43.2 Å². The maximum absolute atomic E-state index is 12.1. The van der Waals surface area contributed by atoms with E-state index in [1.807, 2.05) is 0 Å². The largest absolute Gasteiger partial charge is 0.393 e. The van der Waals surface area contributed by atoms with Gasteiger partial charge in [0.05, 0.1) is 12.2 Å². The zero-order chi connectivity index (χ0) is 17.3. The maximum Gasteiger partial charge on any atom is 0.156 e. The Morgan fingerprint density at radius 2 is 1.96 bits per heavy atom. The normalized spacial score (nSPS) is 47.0. The minimum atomic E-state index is -0.493. The Kier molecular flexibility index (Phi) is 3.50. The standard InChI is InChI=1S/C21H28O3/c1-12(22)16-6-7-17-15-5-4-13-10-14(23)11-19(24)21(13,3)18(15)8-9-20(16,17)2/h4-6,14,17-19,23-24H,7-11H2,1-3H3. The van der Waals surface area contributed by atoms with Crippen LogP contribution in [0.15, 0.2) is 34.9 Å². The molecule has 2 N–H and O–H groups in total. The van der Waals surface area contributed by atoms with Crippen molar-refractivity contribution < 1.29 is 15.0 Å². The highest BCUT2D eigenvalue weighted by Crippen LogP contribution is 2.63. The lowest BCUT2D eigenvalue weighted by Crippen LogP contribution is -2.52. The van der Waals surface area contributed by atoms with Crippen LogP contribution < -0.4 is 0 Å². The summed E-state index contributed by atoms with van der Waals surface area (Å²) in [4.78, 5) is 12.1. The van der Waals surface area contributed by atoms with E-state index < -0.39 is 12.2 Å². The van der Waals surface area contributed by atoms with Crippen molar-refractivity contribution in [3.8, 4) is 0 Å². The summed E-state index contributed by atoms with van der Waals surface area (Å²) in [5.41, 5.74) is 3.31. The lowest BCUT2D eigenvalue weighted by Gasteiger charge is -2.55. The highest BCUT2D eigenvalue weighted by molar-refractivity contribution is 5.95. The van der Waals surface area contributed by atoms with E-state index in [1.54, 1.807) is 6.92 Å². The molecule has 0 aromatic heterocycles. The fourth-order valence-electron chi connectivity index (χ4n) is 6.18. The van der Waals surface area contributed by atoms with Crippen molar-refractivity contribution in [2.45, 2.75) is 65.1 Å². The summed E-state index contributed by atoms with van der Waals surface area (Å²) in [6, 6.07) is 0. The molecule has 0 aromatic rings. The van der Waals surface area contributed by atoms with Crippen LogP contribution in [0.4, 0.5) is 0 Å². The van der Waals surface area contributed by atoms with E-state index in [9.17, 15) is 15.0 Å². The van der Waals surface area contributed by atoms with Crippen molar-refractivity contribution >= 4 is 5.78 Å². The number of aliphatic hydroxyl groups excluding tert-OH is 2. The first-order valence-electron chi connectivity index (χ1n) is 9.27. The van der Waals surface area contributed by atoms with Gasteiger partial charge in [0.1, 0.15) is 0 Å². The van der Waals surface area contributed by atoms with Crippen LogP contribution in [0.3, 0.4) is 0 Å². The Bertz CT molecular complexity index is 685. The van der Waals surface area contributed by atoms with Gasteiger partial charge in [0.25, 0.3) is 0 Å². The minimum absolute atomic E-state index is 0.0466. The SMILES string of the molecule is CC(=O)C1=CCC2C3=CC=C4CC(O)CC(O)C4(C)C3CCC12C. The number of fused-ring (bicyclic) bond motifs is 5. The third kappa shape index (κ3) is 1.94. The molecule has 0 bridgehead atoms. The summed E-state index contributed by atoms with van der Waals surface area (Å²) >= 11 is 0. The first-order chi connectivity index (χ1) is 11.3. The topological polar surface area (TPSA) is 57.5 Å². The minimum Gasteiger partial charge on any atom is -0.393 e. The van der Waals surface area contributed by atoms with E-state index in [-0.39, 0.29) is 16.6 Å². The molecule has 2 fully saturated rings.